The Bertz CT molecular complexity index is 590. The van der Waals surface area contributed by atoms with Crippen LogP contribution >= 0.6 is 11.8 Å². The van der Waals surface area contributed by atoms with Crippen LogP contribution in [0.4, 0.5) is 0 Å². The molecule has 1 aromatic rings. The van der Waals surface area contributed by atoms with E-state index in [0.717, 1.165) is 12.8 Å². The first-order valence-corrected chi connectivity index (χ1v) is 8.96. The van der Waals surface area contributed by atoms with Crippen LogP contribution < -0.4 is 4.74 Å². The number of aromatic hydroxyl groups is 1. The molecule has 1 aliphatic heterocycles. The molecule has 0 fully saturated rings. The maximum absolute atomic E-state index is 11.9. The van der Waals surface area contributed by atoms with Crippen LogP contribution in [0.2, 0.25) is 0 Å². The number of ether oxygens (including phenoxy) is 3. The van der Waals surface area contributed by atoms with Gasteiger partial charge in [0.15, 0.2) is 6.04 Å². The Labute approximate surface area is 146 Å². The number of benzene rings is 1. The highest BCUT2D eigenvalue weighted by Gasteiger charge is 2.28. The number of unbranched alkanes of at least 4 members (excludes halogenated alkanes) is 1. The van der Waals surface area contributed by atoms with Crippen molar-refractivity contribution in [1.82, 2.24) is 0 Å². The number of phenols is 1. The minimum atomic E-state index is -0.501. The molecule has 1 aromatic carbocycles. The Morgan fingerprint density at radius 3 is 2.92 bits per heavy atom. The van der Waals surface area contributed by atoms with Gasteiger partial charge in [0.05, 0.1) is 13.2 Å². The summed E-state index contributed by atoms with van der Waals surface area (Å²) in [6.07, 6.45) is 1.83. The zero-order chi connectivity index (χ0) is 17.4. The van der Waals surface area contributed by atoms with Crippen LogP contribution in [0.15, 0.2) is 23.2 Å². The van der Waals surface area contributed by atoms with Crippen molar-refractivity contribution >= 4 is 22.8 Å². The topological polar surface area (TPSA) is 77.4 Å². The number of carbonyl (C=O) groups excluding carboxylic acids is 1. The van der Waals surface area contributed by atoms with Crippen molar-refractivity contribution in [2.45, 2.75) is 25.8 Å². The molecule has 0 aromatic heterocycles. The predicted molar refractivity (Wildman–Crippen MR) is 94.1 cm³/mol. The van der Waals surface area contributed by atoms with E-state index in [1.54, 1.807) is 25.3 Å². The van der Waals surface area contributed by atoms with Crippen LogP contribution in [-0.2, 0) is 14.3 Å². The number of esters is 1. The molecule has 6 nitrogen and oxygen atoms in total. The molecule has 2 rings (SSSR count). The van der Waals surface area contributed by atoms with E-state index in [2.05, 4.69) is 4.99 Å². The Balaban J connectivity index is 1.98. The number of aliphatic imine (C=N–C) groups is 1. The average Bonchev–Trinajstić information content (AvgIpc) is 3.05. The molecule has 0 bridgehead atoms. The summed E-state index contributed by atoms with van der Waals surface area (Å²) in [5, 5.41) is 10.8. The van der Waals surface area contributed by atoms with Gasteiger partial charge in [-0.2, -0.15) is 0 Å². The van der Waals surface area contributed by atoms with E-state index in [9.17, 15) is 9.90 Å². The second-order valence-corrected chi connectivity index (χ2v) is 6.31. The number of hydrogen-bond donors (Lipinski definition) is 1. The van der Waals surface area contributed by atoms with Gasteiger partial charge in [0, 0.05) is 24.5 Å². The maximum Gasteiger partial charge on any atom is 0.331 e. The SMILES string of the molecule is CCCCOC(=O)C1CSC(c2ccc(OCCOC)cc2O)=N1. The van der Waals surface area contributed by atoms with Gasteiger partial charge in [0.1, 0.15) is 23.1 Å². The molecular formula is C17H23NO5S. The molecule has 1 atom stereocenters. The zero-order valence-electron chi connectivity index (χ0n) is 14.0. The van der Waals surface area contributed by atoms with Crippen molar-refractivity contribution in [3.63, 3.8) is 0 Å². The van der Waals surface area contributed by atoms with Crippen LogP contribution in [0.25, 0.3) is 0 Å². The van der Waals surface area contributed by atoms with Gasteiger partial charge < -0.3 is 19.3 Å². The summed E-state index contributed by atoms with van der Waals surface area (Å²) < 4.78 is 15.6. The number of methoxy groups -OCH3 is 1. The first-order chi connectivity index (χ1) is 11.7. The minimum absolute atomic E-state index is 0.0798. The monoisotopic (exact) mass is 353 g/mol. The first-order valence-electron chi connectivity index (χ1n) is 7.98. The summed E-state index contributed by atoms with van der Waals surface area (Å²) >= 11 is 1.44. The standard InChI is InChI=1S/C17H23NO5S/c1-3-4-7-23-17(20)14-11-24-16(18-14)13-6-5-12(10-15(13)19)22-9-8-21-2/h5-6,10,14,19H,3-4,7-9,11H2,1-2H3. The van der Waals surface area contributed by atoms with E-state index < -0.39 is 6.04 Å². The molecule has 132 valence electrons. The van der Waals surface area contributed by atoms with Gasteiger partial charge in [-0.3, -0.25) is 4.99 Å². The molecule has 0 spiro atoms. The van der Waals surface area contributed by atoms with Crippen molar-refractivity contribution in [3.05, 3.63) is 23.8 Å². The van der Waals surface area contributed by atoms with Gasteiger partial charge in [-0.15, -0.1) is 11.8 Å². The second-order valence-electron chi connectivity index (χ2n) is 5.30. The number of nitrogens with zero attached hydrogens (tertiary/aromatic N) is 1. The number of phenolic OH excluding ortho intramolecular Hbond substituents is 1. The lowest BCUT2D eigenvalue weighted by molar-refractivity contribution is -0.144. The minimum Gasteiger partial charge on any atom is -0.507 e. The van der Waals surface area contributed by atoms with Crippen LogP contribution in [0.1, 0.15) is 25.3 Å². The molecule has 1 aliphatic rings. The van der Waals surface area contributed by atoms with E-state index >= 15 is 0 Å². The number of thioether (sulfide) groups is 1. The summed E-state index contributed by atoms with van der Waals surface area (Å²) in [5.41, 5.74) is 0.600. The third kappa shape index (κ3) is 5.14. The highest BCUT2D eigenvalue weighted by Crippen LogP contribution is 2.31. The molecule has 1 heterocycles. The van der Waals surface area contributed by atoms with Crippen LogP contribution in [0.3, 0.4) is 0 Å². The summed E-state index contributed by atoms with van der Waals surface area (Å²) in [4.78, 5) is 16.3. The van der Waals surface area contributed by atoms with Gasteiger partial charge in [-0.1, -0.05) is 13.3 Å². The molecule has 24 heavy (non-hydrogen) atoms. The largest absolute Gasteiger partial charge is 0.507 e. The lowest BCUT2D eigenvalue weighted by Gasteiger charge is -2.08. The predicted octanol–water partition coefficient (Wildman–Crippen LogP) is 2.62. The molecule has 0 amide bonds. The third-order valence-corrected chi connectivity index (χ3v) is 4.50. The molecule has 0 radical (unpaired) electrons. The smallest absolute Gasteiger partial charge is 0.331 e. The van der Waals surface area contributed by atoms with Crippen molar-refractivity contribution in [2.75, 3.05) is 32.7 Å². The molecule has 1 unspecified atom stereocenters. The summed E-state index contributed by atoms with van der Waals surface area (Å²) in [5.74, 6) is 0.875. The summed E-state index contributed by atoms with van der Waals surface area (Å²) in [6.45, 7) is 3.37. The Morgan fingerprint density at radius 1 is 1.38 bits per heavy atom. The first kappa shape index (κ1) is 18.6. The van der Waals surface area contributed by atoms with Gasteiger partial charge in [0.2, 0.25) is 0 Å². The van der Waals surface area contributed by atoms with Gasteiger partial charge in [-0.05, 0) is 18.6 Å². The molecule has 7 heteroatoms. The van der Waals surface area contributed by atoms with Crippen molar-refractivity contribution in [2.24, 2.45) is 4.99 Å². The second kappa shape index (κ2) is 9.54. The summed E-state index contributed by atoms with van der Waals surface area (Å²) in [6, 6.07) is 4.55. The van der Waals surface area contributed by atoms with E-state index in [0.29, 0.717) is 41.9 Å². The molecule has 0 aliphatic carbocycles. The van der Waals surface area contributed by atoms with E-state index in [4.69, 9.17) is 14.2 Å². The normalized spacial score (nSPS) is 16.8. The lowest BCUT2D eigenvalue weighted by atomic mass is 10.2. The highest BCUT2D eigenvalue weighted by molar-refractivity contribution is 8.14. The third-order valence-electron chi connectivity index (χ3n) is 3.42. The van der Waals surface area contributed by atoms with Crippen LogP contribution in [0.5, 0.6) is 11.5 Å². The average molecular weight is 353 g/mol. The fourth-order valence-electron chi connectivity index (χ4n) is 2.08. The number of rotatable bonds is 9. The Kier molecular flexibility index (Phi) is 7.39. The Morgan fingerprint density at radius 2 is 2.21 bits per heavy atom. The van der Waals surface area contributed by atoms with Gasteiger partial charge in [0.25, 0.3) is 0 Å². The van der Waals surface area contributed by atoms with E-state index in [1.807, 2.05) is 6.92 Å². The van der Waals surface area contributed by atoms with Crippen LogP contribution in [0, 0.1) is 0 Å². The van der Waals surface area contributed by atoms with Gasteiger partial charge in [-0.25, -0.2) is 4.79 Å². The fraction of sp³-hybridized carbons (Fsp3) is 0.529. The van der Waals surface area contributed by atoms with Crippen LogP contribution in [-0.4, -0.2) is 54.8 Å². The summed E-state index contributed by atoms with van der Waals surface area (Å²) in [7, 11) is 1.60. The highest BCUT2D eigenvalue weighted by atomic mass is 32.2. The van der Waals surface area contributed by atoms with E-state index in [-0.39, 0.29) is 11.7 Å². The van der Waals surface area contributed by atoms with Gasteiger partial charge >= 0.3 is 5.97 Å². The van der Waals surface area contributed by atoms with Crippen molar-refractivity contribution in [3.8, 4) is 11.5 Å². The molecular weight excluding hydrogens is 330 g/mol. The van der Waals surface area contributed by atoms with Crippen molar-refractivity contribution in [1.29, 1.82) is 0 Å². The molecule has 0 saturated heterocycles. The molecule has 1 N–H and O–H groups in total. The van der Waals surface area contributed by atoms with E-state index in [1.165, 1.54) is 11.8 Å². The molecule has 0 saturated carbocycles. The number of carbonyl (C=O) groups is 1. The maximum atomic E-state index is 11.9. The Hall–Kier alpha value is -1.73. The fourth-order valence-corrected chi connectivity index (χ4v) is 3.14. The number of hydrogen-bond acceptors (Lipinski definition) is 7. The zero-order valence-corrected chi connectivity index (χ0v) is 14.8. The van der Waals surface area contributed by atoms with Crippen molar-refractivity contribution < 1.29 is 24.1 Å². The quantitative estimate of drug-likeness (QED) is 0.543. The lowest BCUT2D eigenvalue weighted by Crippen LogP contribution is -2.22.